The minimum atomic E-state index is -0.325. The maximum Gasteiger partial charge on any atom is 0.240 e. The highest BCUT2D eigenvalue weighted by atomic mass is 79.9. The first-order chi connectivity index (χ1) is 15.1. The number of nitrogens with zero attached hydrogens (tertiary/aromatic N) is 1. The van der Waals surface area contributed by atoms with Crippen LogP contribution in [0.3, 0.4) is 0 Å². The summed E-state index contributed by atoms with van der Waals surface area (Å²) in [7, 11) is 0. The molecule has 0 saturated heterocycles. The van der Waals surface area contributed by atoms with Crippen molar-refractivity contribution in [3.05, 3.63) is 94.5 Å². The molecular formula is C24H22BrN3O3. The van der Waals surface area contributed by atoms with Crippen molar-refractivity contribution in [1.29, 1.82) is 0 Å². The van der Waals surface area contributed by atoms with Crippen molar-refractivity contribution in [3.63, 3.8) is 0 Å². The Bertz CT molecular complexity index is 1020. The molecule has 2 amide bonds. The molecule has 2 N–H and O–H groups in total. The highest BCUT2D eigenvalue weighted by molar-refractivity contribution is 9.10. The first-order valence-electron chi connectivity index (χ1n) is 9.72. The van der Waals surface area contributed by atoms with Crippen LogP contribution in [0.4, 0.5) is 5.69 Å². The number of halogens is 1. The van der Waals surface area contributed by atoms with Gasteiger partial charge in [0.2, 0.25) is 11.8 Å². The van der Waals surface area contributed by atoms with Gasteiger partial charge in [0.25, 0.3) is 0 Å². The molecule has 0 saturated carbocycles. The molecule has 0 heterocycles. The van der Waals surface area contributed by atoms with E-state index in [1.54, 1.807) is 18.3 Å². The van der Waals surface area contributed by atoms with Gasteiger partial charge in [0.05, 0.1) is 6.21 Å². The van der Waals surface area contributed by atoms with E-state index in [4.69, 9.17) is 4.74 Å². The van der Waals surface area contributed by atoms with Gasteiger partial charge in [-0.15, -0.1) is 0 Å². The Hall–Kier alpha value is -3.45. The van der Waals surface area contributed by atoms with Crippen molar-refractivity contribution < 1.29 is 14.3 Å². The smallest absolute Gasteiger partial charge is 0.240 e. The predicted molar refractivity (Wildman–Crippen MR) is 125 cm³/mol. The van der Waals surface area contributed by atoms with E-state index in [0.717, 1.165) is 21.3 Å². The van der Waals surface area contributed by atoms with Gasteiger partial charge in [-0.05, 0) is 59.7 Å². The van der Waals surface area contributed by atoms with Gasteiger partial charge in [-0.3, -0.25) is 9.59 Å². The lowest BCUT2D eigenvalue weighted by Gasteiger charge is -2.06. The number of hydrogen-bond donors (Lipinski definition) is 2. The van der Waals surface area contributed by atoms with Gasteiger partial charge >= 0.3 is 0 Å². The zero-order chi connectivity index (χ0) is 21.9. The first-order valence-corrected chi connectivity index (χ1v) is 10.5. The highest BCUT2D eigenvalue weighted by Crippen LogP contribution is 2.15. The van der Waals surface area contributed by atoms with E-state index in [1.165, 1.54) is 0 Å². The van der Waals surface area contributed by atoms with Gasteiger partial charge < -0.3 is 10.1 Å². The Labute approximate surface area is 189 Å². The molecule has 31 heavy (non-hydrogen) atoms. The molecule has 3 aromatic rings. The lowest BCUT2D eigenvalue weighted by atomic mass is 10.2. The molecule has 0 radical (unpaired) electrons. The number of anilines is 1. The summed E-state index contributed by atoms with van der Waals surface area (Å²) in [4.78, 5) is 23.7. The summed E-state index contributed by atoms with van der Waals surface area (Å²) in [5.41, 5.74) is 5.03. The molecule has 158 valence electrons. The van der Waals surface area contributed by atoms with E-state index >= 15 is 0 Å². The number of nitrogens with one attached hydrogen (secondary N) is 2. The number of rotatable bonds is 9. The lowest BCUT2D eigenvalue weighted by molar-refractivity contribution is -0.124. The number of carbonyl (C=O) groups excluding carboxylic acids is 2. The SMILES string of the molecule is O=C(CCC(=O)Nc1ccccc1)NN=Cc1ccc(OCc2ccc(Br)cc2)cc1. The summed E-state index contributed by atoms with van der Waals surface area (Å²) in [5.74, 6) is 0.200. The second-order valence-corrected chi connectivity index (χ2v) is 7.61. The van der Waals surface area contributed by atoms with E-state index in [1.807, 2.05) is 66.7 Å². The number of hydrogen-bond acceptors (Lipinski definition) is 4. The topological polar surface area (TPSA) is 79.8 Å². The monoisotopic (exact) mass is 479 g/mol. The third-order valence-electron chi connectivity index (χ3n) is 4.24. The normalized spacial score (nSPS) is 10.6. The molecule has 3 aromatic carbocycles. The minimum Gasteiger partial charge on any atom is -0.489 e. The van der Waals surface area contributed by atoms with Crippen LogP contribution in [0.5, 0.6) is 5.75 Å². The lowest BCUT2D eigenvalue weighted by Crippen LogP contribution is -2.20. The van der Waals surface area contributed by atoms with Crippen molar-refractivity contribution in [2.24, 2.45) is 5.10 Å². The Morgan fingerprint density at radius 1 is 0.871 bits per heavy atom. The van der Waals surface area contributed by atoms with Crippen molar-refractivity contribution in [3.8, 4) is 5.75 Å². The van der Waals surface area contributed by atoms with Crippen molar-refractivity contribution in [2.45, 2.75) is 19.4 Å². The van der Waals surface area contributed by atoms with E-state index in [9.17, 15) is 9.59 Å². The van der Waals surface area contributed by atoms with Gasteiger partial charge in [0, 0.05) is 23.0 Å². The maximum atomic E-state index is 11.9. The van der Waals surface area contributed by atoms with E-state index in [2.05, 4.69) is 31.8 Å². The van der Waals surface area contributed by atoms with Crippen LogP contribution < -0.4 is 15.5 Å². The van der Waals surface area contributed by atoms with Crippen LogP contribution in [-0.4, -0.2) is 18.0 Å². The summed E-state index contributed by atoms with van der Waals surface area (Å²) in [6.45, 7) is 0.481. The summed E-state index contributed by atoms with van der Waals surface area (Å²) < 4.78 is 6.79. The fourth-order valence-electron chi connectivity index (χ4n) is 2.60. The summed E-state index contributed by atoms with van der Waals surface area (Å²) in [6, 6.07) is 24.4. The number of carbonyl (C=O) groups is 2. The fraction of sp³-hybridized carbons (Fsp3) is 0.125. The number of amides is 2. The molecule has 0 spiro atoms. The third kappa shape index (κ3) is 8.06. The van der Waals surface area contributed by atoms with Crippen LogP contribution in [-0.2, 0) is 16.2 Å². The van der Waals surface area contributed by atoms with Gasteiger partial charge in [0.1, 0.15) is 12.4 Å². The van der Waals surface area contributed by atoms with Crippen LogP contribution in [0, 0.1) is 0 Å². The molecule has 0 aliphatic rings. The van der Waals surface area contributed by atoms with E-state index in [-0.39, 0.29) is 24.7 Å². The largest absolute Gasteiger partial charge is 0.489 e. The van der Waals surface area contributed by atoms with Crippen LogP contribution >= 0.6 is 15.9 Å². The molecule has 0 aliphatic carbocycles. The predicted octanol–water partition coefficient (Wildman–Crippen LogP) is 4.90. The van der Waals surface area contributed by atoms with Gasteiger partial charge in [-0.1, -0.05) is 46.3 Å². The standard InChI is InChI=1S/C24H22BrN3O3/c25-20-10-6-19(7-11-20)17-31-22-12-8-18(9-13-22)16-26-28-24(30)15-14-23(29)27-21-4-2-1-3-5-21/h1-13,16H,14-15,17H2,(H,27,29)(H,28,30). The van der Waals surface area contributed by atoms with E-state index in [0.29, 0.717) is 12.3 Å². The number of benzene rings is 3. The van der Waals surface area contributed by atoms with Crippen LogP contribution in [0.15, 0.2) is 88.4 Å². The molecular weight excluding hydrogens is 458 g/mol. The summed E-state index contributed by atoms with van der Waals surface area (Å²) in [5, 5.41) is 6.67. The Kier molecular flexibility index (Phi) is 8.37. The van der Waals surface area contributed by atoms with Crippen LogP contribution in [0.1, 0.15) is 24.0 Å². The molecule has 0 aliphatic heterocycles. The average molecular weight is 480 g/mol. The highest BCUT2D eigenvalue weighted by Gasteiger charge is 2.06. The van der Waals surface area contributed by atoms with Crippen molar-refractivity contribution in [2.75, 3.05) is 5.32 Å². The minimum absolute atomic E-state index is 0.0544. The van der Waals surface area contributed by atoms with E-state index < -0.39 is 0 Å². The van der Waals surface area contributed by atoms with Gasteiger partial charge in [0.15, 0.2) is 0 Å². The Morgan fingerprint density at radius 2 is 1.55 bits per heavy atom. The second-order valence-electron chi connectivity index (χ2n) is 6.69. The third-order valence-corrected chi connectivity index (χ3v) is 4.77. The zero-order valence-electron chi connectivity index (χ0n) is 16.8. The summed E-state index contributed by atoms with van der Waals surface area (Å²) in [6.07, 6.45) is 1.68. The van der Waals surface area contributed by atoms with Crippen LogP contribution in [0.2, 0.25) is 0 Å². The summed E-state index contributed by atoms with van der Waals surface area (Å²) >= 11 is 3.41. The molecule has 6 nitrogen and oxygen atoms in total. The second kappa shape index (κ2) is 11.7. The number of ether oxygens (including phenoxy) is 1. The molecule has 0 bridgehead atoms. The molecule has 0 aromatic heterocycles. The van der Waals surface area contributed by atoms with Crippen molar-refractivity contribution in [1.82, 2.24) is 5.43 Å². The van der Waals surface area contributed by atoms with Crippen molar-refractivity contribution >= 4 is 39.6 Å². The van der Waals surface area contributed by atoms with Gasteiger partial charge in [-0.2, -0.15) is 5.10 Å². The Balaban J connectivity index is 1.37. The first kappa shape index (κ1) is 22.2. The maximum absolute atomic E-state index is 11.9. The van der Waals surface area contributed by atoms with Crippen LogP contribution in [0.25, 0.3) is 0 Å². The molecule has 0 atom stereocenters. The number of hydrazone groups is 1. The van der Waals surface area contributed by atoms with Gasteiger partial charge in [-0.25, -0.2) is 5.43 Å². The average Bonchev–Trinajstić information content (AvgIpc) is 2.79. The quantitative estimate of drug-likeness (QED) is 0.338. The fourth-order valence-corrected chi connectivity index (χ4v) is 2.87. The molecule has 7 heteroatoms. The Morgan fingerprint density at radius 3 is 2.26 bits per heavy atom. The zero-order valence-corrected chi connectivity index (χ0v) is 18.3. The molecule has 3 rings (SSSR count). The number of para-hydroxylation sites is 1. The molecule has 0 fully saturated rings. The molecule has 0 unspecified atom stereocenters.